The number of halogens is 2. The van der Waals surface area contributed by atoms with Gasteiger partial charge in [-0.25, -0.2) is 9.37 Å². The normalized spacial score (nSPS) is 11.1. The van der Waals surface area contributed by atoms with Crippen LogP contribution in [0.15, 0.2) is 45.3 Å². The first-order valence-corrected chi connectivity index (χ1v) is 6.25. The molecule has 1 heterocycles. The van der Waals surface area contributed by atoms with E-state index in [0.717, 1.165) is 21.1 Å². The molecule has 1 aromatic heterocycles. The van der Waals surface area contributed by atoms with Crippen LogP contribution < -0.4 is 0 Å². The minimum absolute atomic E-state index is 0.298. The van der Waals surface area contributed by atoms with Crippen LogP contribution in [0.1, 0.15) is 5.56 Å². The third-order valence-corrected chi connectivity index (χ3v) is 3.17. The first-order chi connectivity index (χ1) is 8.63. The molecular formula is C14H9BrFNO. The van der Waals surface area contributed by atoms with Gasteiger partial charge in [0.1, 0.15) is 11.3 Å². The Morgan fingerprint density at radius 1 is 1.22 bits per heavy atom. The number of hydrogen-bond acceptors (Lipinski definition) is 2. The fourth-order valence-electron chi connectivity index (χ4n) is 1.90. The number of hydrogen-bond donors (Lipinski definition) is 0. The highest BCUT2D eigenvalue weighted by Gasteiger charge is 2.11. The van der Waals surface area contributed by atoms with E-state index in [1.54, 1.807) is 12.1 Å². The Balaban J connectivity index is 2.22. The number of aromatic nitrogens is 1. The Morgan fingerprint density at radius 3 is 2.83 bits per heavy atom. The molecule has 2 nitrogen and oxygen atoms in total. The Kier molecular flexibility index (Phi) is 2.67. The zero-order valence-corrected chi connectivity index (χ0v) is 11.2. The lowest BCUT2D eigenvalue weighted by atomic mass is 10.2. The summed E-state index contributed by atoms with van der Waals surface area (Å²) in [6.07, 6.45) is 0. The molecule has 0 atom stereocenters. The van der Waals surface area contributed by atoms with Gasteiger partial charge in [-0.1, -0.05) is 22.0 Å². The highest BCUT2D eigenvalue weighted by molar-refractivity contribution is 9.10. The van der Waals surface area contributed by atoms with Gasteiger partial charge in [0.15, 0.2) is 5.58 Å². The van der Waals surface area contributed by atoms with Crippen molar-refractivity contribution < 1.29 is 8.81 Å². The molecule has 0 saturated carbocycles. The van der Waals surface area contributed by atoms with Crippen molar-refractivity contribution in [3.63, 3.8) is 0 Å². The van der Waals surface area contributed by atoms with Gasteiger partial charge < -0.3 is 4.42 Å². The molecule has 0 saturated heterocycles. The van der Waals surface area contributed by atoms with E-state index in [9.17, 15) is 4.39 Å². The van der Waals surface area contributed by atoms with Crippen LogP contribution in [0.25, 0.3) is 22.6 Å². The molecule has 0 amide bonds. The van der Waals surface area contributed by atoms with Crippen LogP contribution in [0.2, 0.25) is 0 Å². The van der Waals surface area contributed by atoms with Crippen molar-refractivity contribution in [2.24, 2.45) is 0 Å². The predicted molar refractivity (Wildman–Crippen MR) is 71.8 cm³/mol. The SMILES string of the molecule is Cc1cc(Br)cc2nc(-c3cccc(F)c3)oc12. The second-order valence-electron chi connectivity index (χ2n) is 4.10. The van der Waals surface area contributed by atoms with E-state index in [1.807, 2.05) is 19.1 Å². The second-order valence-corrected chi connectivity index (χ2v) is 5.02. The standard InChI is InChI=1S/C14H9BrFNO/c1-8-5-10(15)7-12-13(8)18-14(17-12)9-3-2-4-11(16)6-9/h2-7H,1H3. The molecule has 0 aliphatic carbocycles. The molecule has 0 aliphatic rings. The van der Waals surface area contributed by atoms with Gasteiger partial charge in [0.05, 0.1) is 0 Å². The molecule has 4 heteroatoms. The first-order valence-electron chi connectivity index (χ1n) is 5.46. The third-order valence-electron chi connectivity index (χ3n) is 2.71. The maximum absolute atomic E-state index is 13.2. The van der Waals surface area contributed by atoms with E-state index in [4.69, 9.17) is 4.42 Å². The molecule has 0 spiro atoms. The lowest BCUT2D eigenvalue weighted by Gasteiger charge is -1.95. The molecule has 3 rings (SSSR count). The molecule has 0 bridgehead atoms. The number of nitrogens with zero attached hydrogens (tertiary/aromatic N) is 1. The molecule has 18 heavy (non-hydrogen) atoms. The van der Waals surface area contributed by atoms with Gasteiger partial charge in [0.25, 0.3) is 0 Å². The number of fused-ring (bicyclic) bond motifs is 1. The zero-order chi connectivity index (χ0) is 12.7. The van der Waals surface area contributed by atoms with Crippen molar-refractivity contribution in [2.45, 2.75) is 6.92 Å². The van der Waals surface area contributed by atoms with Crippen molar-refractivity contribution in [2.75, 3.05) is 0 Å². The number of aryl methyl sites for hydroxylation is 1. The lowest BCUT2D eigenvalue weighted by molar-refractivity contribution is 0.609. The number of benzene rings is 2. The second kappa shape index (κ2) is 4.21. The summed E-state index contributed by atoms with van der Waals surface area (Å²) in [4.78, 5) is 4.38. The van der Waals surface area contributed by atoms with Crippen LogP contribution in [0, 0.1) is 12.7 Å². The molecule has 0 fully saturated rings. The Bertz CT molecular complexity index is 736. The zero-order valence-electron chi connectivity index (χ0n) is 9.58. The largest absolute Gasteiger partial charge is 0.436 e. The van der Waals surface area contributed by atoms with E-state index in [2.05, 4.69) is 20.9 Å². The van der Waals surface area contributed by atoms with Gasteiger partial charge in [0, 0.05) is 10.0 Å². The molecule has 0 N–H and O–H groups in total. The first kappa shape index (κ1) is 11.4. The maximum atomic E-state index is 13.2. The summed E-state index contributed by atoms with van der Waals surface area (Å²) in [7, 11) is 0. The van der Waals surface area contributed by atoms with Gasteiger partial charge in [-0.05, 0) is 42.8 Å². The van der Waals surface area contributed by atoms with E-state index in [1.165, 1.54) is 12.1 Å². The molecule has 3 aromatic rings. The van der Waals surface area contributed by atoms with E-state index in [-0.39, 0.29) is 5.82 Å². The summed E-state index contributed by atoms with van der Waals surface area (Å²) in [6.45, 7) is 1.95. The summed E-state index contributed by atoms with van der Waals surface area (Å²) < 4.78 is 19.8. The Morgan fingerprint density at radius 2 is 2.06 bits per heavy atom. The monoisotopic (exact) mass is 305 g/mol. The van der Waals surface area contributed by atoms with E-state index < -0.39 is 0 Å². The van der Waals surface area contributed by atoms with Gasteiger partial charge >= 0.3 is 0 Å². The van der Waals surface area contributed by atoms with Crippen molar-refractivity contribution >= 4 is 27.0 Å². The van der Waals surface area contributed by atoms with Gasteiger partial charge in [-0.15, -0.1) is 0 Å². The van der Waals surface area contributed by atoms with Crippen molar-refractivity contribution in [1.29, 1.82) is 0 Å². The van der Waals surface area contributed by atoms with Crippen molar-refractivity contribution in [3.8, 4) is 11.5 Å². The van der Waals surface area contributed by atoms with Crippen LogP contribution in [0.3, 0.4) is 0 Å². The summed E-state index contributed by atoms with van der Waals surface area (Å²) >= 11 is 3.42. The molecule has 0 radical (unpaired) electrons. The smallest absolute Gasteiger partial charge is 0.227 e. The minimum atomic E-state index is -0.298. The fourth-order valence-corrected chi connectivity index (χ4v) is 2.46. The van der Waals surface area contributed by atoms with Crippen LogP contribution in [0.4, 0.5) is 4.39 Å². The molecule has 2 aromatic carbocycles. The van der Waals surface area contributed by atoms with Crippen LogP contribution >= 0.6 is 15.9 Å². The topological polar surface area (TPSA) is 26.0 Å². The van der Waals surface area contributed by atoms with Crippen molar-refractivity contribution in [1.82, 2.24) is 4.98 Å². The summed E-state index contributed by atoms with van der Waals surface area (Å²) in [5, 5.41) is 0. The highest BCUT2D eigenvalue weighted by Crippen LogP contribution is 2.29. The van der Waals surface area contributed by atoms with Gasteiger partial charge in [-0.3, -0.25) is 0 Å². The van der Waals surface area contributed by atoms with Crippen LogP contribution in [-0.2, 0) is 0 Å². The van der Waals surface area contributed by atoms with Gasteiger partial charge in [-0.2, -0.15) is 0 Å². The average molecular weight is 306 g/mol. The lowest BCUT2D eigenvalue weighted by Crippen LogP contribution is -1.78. The predicted octanol–water partition coefficient (Wildman–Crippen LogP) is 4.70. The molecular weight excluding hydrogens is 297 g/mol. The summed E-state index contributed by atoms with van der Waals surface area (Å²) in [5.41, 5.74) is 3.13. The fraction of sp³-hybridized carbons (Fsp3) is 0.0714. The summed E-state index contributed by atoms with van der Waals surface area (Å²) in [6, 6.07) is 10.1. The number of rotatable bonds is 1. The minimum Gasteiger partial charge on any atom is -0.436 e. The Hall–Kier alpha value is -1.68. The highest BCUT2D eigenvalue weighted by atomic mass is 79.9. The molecule has 0 aliphatic heterocycles. The number of oxazole rings is 1. The van der Waals surface area contributed by atoms with E-state index >= 15 is 0 Å². The quantitative estimate of drug-likeness (QED) is 0.651. The van der Waals surface area contributed by atoms with E-state index in [0.29, 0.717) is 11.5 Å². The molecule has 90 valence electrons. The Labute approximate surface area is 112 Å². The summed E-state index contributed by atoms with van der Waals surface area (Å²) in [5.74, 6) is 0.137. The third kappa shape index (κ3) is 1.93. The molecule has 0 unspecified atom stereocenters. The average Bonchev–Trinajstić information content (AvgIpc) is 2.73. The van der Waals surface area contributed by atoms with Crippen LogP contribution in [0.5, 0.6) is 0 Å². The maximum Gasteiger partial charge on any atom is 0.227 e. The van der Waals surface area contributed by atoms with Gasteiger partial charge in [0.2, 0.25) is 5.89 Å². The van der Waals surface area contributed by atoms with Crippen molar-refractivity contribution in [3.05, 3.63) is 52.3 Å². The van der Waals surface area contributed by atoms with Crippen LogP contribution in [-0.4, -0.2) is 4.98 Å².